The number of methoxy groups -OCH3 is 1. The Morgan fingerprint density at radius 2 is 2.04 bits per heavy atom. The predicted molar refractivity (Wildman–Crippen MR) is 103 cm³/mol. The van der Waals surface area contributed by atoms with E-state index < -0.39 is 16.0 Å². The maximum Gasteiger partial charge on any atom is 0.282 e. The van der Waals surface area contributed by atoms with Crippen LogP contribution in [0.4, 0.5) is 4.39 Å². The van der Waals surface area contributed by atoms with E-state index in [2.05, 4.69) is 0 Å². The summed E-state index contributed by atoms with van der Waals surface area (Å²) in [5.74, 6) is 0.165. The van der Waals surface area contributed by atoms with Gasteiger partial charge < -0.3 is 4.74 Å². The summed E-state index contributed by atoms with van der Waals surface area (Å²) in [6.07, 6.45) is 1.48. The van der Waals surface area contributed by atoms with E-state index in [-0.39, 0.29) is 23.2 Å². The normalized spacial score (nSPS) is 18.2. The van der Waals surface area contributed by atoms with Crippen molar-refractivity contribution in [1.29, 1.82) is 0 Å². The maximum atomic E-state index is 14.1. The zero-order valence-corrected chi connectivity index (χ0v) is 16.8. The van der Waals surface area contributed by atoms with Gasteiger partial charge in [-0.1, -0.05) is 29.8 Å². The first-order valence-electron chi connectivity index (χ1n) is 8.64. The highest BCUT2D eigenvalue weighted by molar-refractivity contribution is 7.86. The molecule has 1 aliphatic rings. The van der Waals surface area contributed by atoms with E-state index in [9.17, 15) is 12.8 Å². The Labute approximate surface area is 164 Å². The third kappa shape index (κ3) is 4.11. The quantitative estimate of drug-likeness (QED) is 0.720. The summed E-state index contributed by atoms with van der Waals surface area (Å²) in [4.78, 5) is 0. The molecule has 1 fully saturated rings. The molecule has 2 aromatic rings. The fourth-order valence-electron chi connectivity index (χ4n) is 3.36. The maximum absolute atomic E-state index is 14.1. The smallest absolute Gasteiger partial charge is 0.282 e. The number of hydrogen-bond acceptors (Lipinski definition) is 3. The van der Waals surface area contributed by atoms with Crippen LogP contribution in [0.3, 0.4) is 0 Å². The Hall–Kier alpha value is -1.67. The fourth-order valence-corrected chi connectivity index (χ4v) is 5.15. The molecule has 0 aromatic heterocycles. The molecule has 0 amide bonds. The summed E-state index contributed by atoms with van der Waals surface area (Å²) in [5.41, 5.74) is 1.05. The minimum absolute atomic E-state index is 0.130. The van der Waals surface area contributed by atoms with Crippen LogP contribution in [0.15, 0.2) is 42.5 Å². The molecular formula is C19H22ClFN2O3S. The molecule has 3 rings (SSSR count). The van der Waals surface area contributed by atoms with Gasteiger partial charge in [0, 0.05) is 30.7 Å². The second-order valence-electron chi connectivity index (χ2n) is 6.51. The average molecular weight is 413 g/mol. The van der Waals surface area contributed by atoms with Gasteiger partial charge in [0.1, 0.15) is 11.6 Å². The molecule has 1 heterocycles. The molecule has 0 N–H and O–H groups in total. The van der Waals surface area contributed by atoms with Gasteiger partial charge in [-0.25, -0.2) is 4.39 Å². The lowest BCUT2D eigenvalue weighted by atomic mass is 10.1. The SMILES string of the molecule is COc1cccc(C2CCCN2S(=O)(=O)N(C)Cc2c(F)cccc2Cl)c1. The van der Waals surface area contributed by atoms with Crippen LogP contribution in [0.5, 0.6) is 5.75 Å². The second-order valence-corrected chi connectivity index (χ2v) is 8.90. The van der Waals surface area contributed by atoms with Crippen LogP contribution in [0, 0.1) is 5.82 Å². The van der Waals surface area contributed by atoms with Gasteiger partial charge in [-0.15, -0.1) is 0 Å². The van der Waals surface area contributed by atoms with Gasteiger partial charge in [-0.05, 0) is 42.7 Å². The number of hydrogen-bond donors (Lipinski definition) is 0. The summed E-state index contributed by atoms with van der Waals surface area (Å²) in [5, 5.41) is 0.211. The lowest BCUT2D eigenvalue weighted by Gasteiger charge is -2.29. The van der Waals surface area contributed by atoms with Crippen LogP contribution in [0.25, 0.3) is 0 Å². The lowest BCUT2D eigenvalue weighted by Crippen LogP contribution is -2.41. The zero-order chi connectivity index (χ0) is 19.6. The van der Waals surface area contributed by atoms with Crippen LogP contribution in [-0.4, -0.2) is 37.7 Å². The van der Waals surface area contributed by atoms with Crippen molar-refractivity contribution in [1.82, 2.24) is 8.61 Å². The Morgan fingerprint density at radius 3 is 2.74 bits per heavy atom. The molecule has 5 nitrogen and oxygen atoms in total. The Balaban J connectivity index is 1.86. The third-order valence-corrected chi connectivity index (χ3v) is 7.12. The first-order chi connectivity index (χ1) is 12.8. The Kier molecular flexibility index (Phi) is 6.05. The van der Waals surface area contributed by atoms with Gasteiger partial charge >= 0.3 is 0 Å². The van der Waals surface area contributed by atoms with Gasteiger partial charge in [0.2, 0.25) is 0 Å². The number of rotatable bonds is 6. The molecule has 0 aliphatic carbocycles. The zero-order valence-electron chi connectivity index (χ0n) is 15.2. The molecule has 1 aliphatic heterocycles. The first-order valence-corrected chi connectivity index (χ1v) is 10.4. The van der Waals surface area contributed by atoms with Crippen molar-refractivity contribution < 1.29 is 17.5 Å². The van der Waals surface area contributed by atoms with E-state index in [1.165, 1.54) is 23.5 Å². The van der Waals surface area contributed by atoms with E-state index in [0.29, 0.717) is 12.3 Å². The topological polar surface area (TPSA) is 49.9 Å². The molecule has 0 saturated carbocycles. The van der Waals surface area contributed by atoms with Gasteiger partial charge in [-0.2, -0.15) is 17.0 Å². The predicted octanol–water partition coefficient (Wildman–Crippen LogP) is 4.00. The number of halogens is 2. The van der Waals surface area contributed by atoms with E-state index in [4.69, 9.17) is 16.3 Å². The van der Waals surface area contributed by atoms with E-state index in [0.717, 1.165) is 22.7 Å². The number of ether oxygens (including phenoxy) is 1. The van der Waals surface area contributed by atoms with Gasteiger partial charge in [0.05, 0.1) is 13.2 Å². The number of nitrogens with zero attached hydrogens (tertiary/aromatic N) is 2. The van der Waals surface area contributed by atoms with Crippen molar-refractivity contribution in [3.05, 3.63) is 64.4 Å². The summed E-state index contributed by atoms with van der Waals surface area (Å²) in [6, 6.07) is 11.5. The second kappa shape index (κ2) is 8.14. The van der Waals surface area contributed by atoms with Crippen molar-refractivity contribution in [3.8, 4) is 5.75 Å². The van der Waals surface area contributed by atoms with Gasteiger partial charge in [0.15, 0.2) is 0 Å². The minimum Gasteiger partial charge on any atom is -0.497 e. The van der Waals surface area contributed by atoms with Crippen LogP contribution in [0.2, 0.25) is 5.02 Å². The molecule has 27 heavy (non-hydrogen) atoms. The molecule has 1 atom stereocenters. The lowest BCUT2D eigenvalue weighted by molar-refractivity contribution is 0.342. The molecule has 1 unspecified atom stereocenters. The Morgan fingerprint density at radius 1 is 1.30 bits per heavy atom. The van der Waals surface area contributed by atoms with Gasteiger partial charge in [-0.3, -0.25) is 0 Å². The van der Waals surface area contributed by atoms with Crippen molar-refractivity contribution >= 4 is 21.8 Å². The van der Waals surface area contributed by atoms with Gasteiger partial charge in [0.25, 0.3) is 10.2 Å². The molecule has 2 aromatic carbocycles. The standard InChI is InChI=1S/C19H22ClFN2O3S/c1-22(13-16-17(20)8-4-9-18(16)21)27(24,25)23-11-5-10-19(23)14-6-3-7-15(12-14)26-2/h3-4,6-9,12,19H,5,10-11,13H2,1-2H3. The largest absolute Gasteiger partial charge is 0.497 e. The average Bonchev–Trinajstić information content (AvgIpc) is 3.15. The Bertz CT molecular complexity index is 903. The third-order valence-electron chi connectivity index (χ3n) is 4.81. The highest BCUT2D eigenvalue weighted by Crippen LogP contribution is 2.36. The van der Waals surface area contributed by atoms with Crippen LogP contribution < -0.4 is 4.74 Å². The van der Waals surface area contributed by atoms with Crippen molar-refractivity contribution in [2.24, 2.45) is 0 Å². The van der Waals surface area contributed by atoms with Crippen molar-refractivity contribution in [3.63, 3.8) is 0 Å². The first kappa shape index (κ1) is 20.1. The molecule has 0 radical (unpaired) electrons. The molecule has 8 heteroatoms. The van der Waals surface area contributed by atoms with Crippen molar-refractivity contribution in [2.45, 2.75) is 25.4 Å². The van der Waals surface area contributed by atoms with Crippen LogP contribution >= 0.6 is 11.6 Å². The highest BCUT2D eigenvalue weighted by Gasteiger charge is 2.38. The monoisotopic (exact) mass is 412 g/mol. The van der Waals surface area contributed by atoms with Crippen LogP contribution in [0.1, 0.15) is 30.0 Å². The summed E-state index contributed by atoms with van der Waals surface area (Å²) in [7, 11) is -0.766. The highest BCUT2D eigenvalue weighted by atomic mass is 35.5. The molecule has 1 saturated heterocycles. The molecule has 146 valence electrons. The van der Waals surface area contributed by atoms with E-state index >= 15 is 0 Å². The summed E-state index contributed by atoms with van der Waals surface area (Å²) >= 11 is 6.05. The van der Waals surface area contributed by atoms with Crippen LogP contribution in [-0.2, 0) is 16.8 Å². The van der Waals surface area contributed by atoms with Crippen molar-refractivity contribution in [2.75, 3.05) is 20.7 Å². The number of benzene rings is 2. The minimum atomic E-state index is -3.79. The van der Waals surface area contributed by atoms with E-state index in [1.54, 1.807) is 13.2 Å². The van der Waals surface area contributed by atoms with E-state index in [1.807, 2.05) is 24.3 Å². The summed E-state index contributed by atoms with van der Waals surface area (Å²) in [6.45, 7) is 0.286. The molecular weight excluding hydrogens is 391 g/mol. The molecule has 0 bridgehead atoms. The fraction of sp³-hybridized carbons (Fsp3) is 0.368. The summed E-state index contributed by atoms with van der Waals surface area (Å²) < 4.78 is 48.2. The molecule has 0 spiro atoms.